The van der Waals surface area contributed by atoms with Crippen LogP contribution in [0.2, 0.25) is 0 Å². The Balaban J connectivity index is 2.36. The van der Waals surface area contributed by atoms with Crippen LogP contribution in [0.5, 0.6) is 0 Å². The number of hydrogen-bond donors (Lipinski definition) is 2. The number of nitrogens with one attached hydrogen (secondary N) is 1. The number of nitrogens with two attached hydrogens (primary N) is 1. The minimum Gasteiger partial charge on any atom is -0.308 e. The lowest BCUT2D eigenvalue weighted by Crippen LogP contribution is -2.12. The molecule has 0 aliphatic rings. The smallest absolute Gasteiger partial charge is 0.180 e. The largest absolute Gasteiger partial charge is 0.308 e. The molecule has 0 unspecified atom stereocenters. The zero-order valence-electron chi connectivity index (χ0n) is 8.76. The Bertz CT molecular complexity index is 484. The molecule has 0 aliphatic heterocycles. The van der Waals surface area contributed by atoms with Gasteiger partial charge in [-0.05, 0) is 25.6 Å². The molecule has 0 spiro atoms. The normalized spacial score (nSPS) is 10.4. The summed E-state index contributed by atoms with van der Waals surface area (Å²) in [5.41, 5.74) is 5.16. The van der Waals surface area contributed by atoms with Gasteiger partial charge < -0.3 is 5.43 Å². The molecule has 2 heterocycles. The third-order valence-corrected chi connectivity index (χ3v) is 3.74. The zero-order chi connectivity index (χ0) is 11.5. The summed E-state index contributed by atoms with van der Waals surface area (Å²) in [6.45, 7) is 3.74. The lowest BCUT2D eigenvalue weighted by atomic mass is 10.3. The number of hydrazine groups is 1. The van der Waals surface area contributed by atoms with Gasteiger partial charge in [0.25, 0.3) is 0 Å². The maximum atomic E-state index is 5.39. The molecule has 6 nitrogen and oxygen atoms in total. The van der Waals surface area contributed by atoms with Gasteiger partial charge in [-0.25, -0.2) is 15.8 Å². The molecule has 0 saturated carbocycles. The van der Waals surface area contributed by atoms with Crippen LogP contribution in [0.15, 0.2) is 14.9 Å². The third-order valence-electron chi connectivity index (χ3n) is 1.87. The molecule has 0 radical (unpaired) electrons. The minimum atomic E-state index is 0.638. The van der Waals surface area contributed by atoms with E-state index in [1.807, 2.05) is 13.8 Å². The summed E-state index contributed by atoms with van der Waals surface area (Å²) in [7, 11) is 0. The van der Waals surface area contributed by atoms with Gasteiger partial charge in [0.05, 0.1) is 0 Å². The SMILES string of the molecule is Cc1nc(NN)c(C)c(Sc2nncs2)n1. The quantitative estimate of drug-likeness (QED) is 0.486. The lowest BCUT2D eigenvalue weighted by molar-refractivity contribution is 0.931. The first-order chi connectivity index (χ1) is 7.70. The maximum Gasteiger partial charge on any atom is 0.180 e. The van der Waals surface area contributed by atoms with E-state index in [-0.39, 0.29) is 0 Å². The average molecular weight is 254 g/mol. The van der Waals surface area contributed by atoms with Gasteiger partial charge in [0.2, 0.25) is 0 Å². The van der Waals surface area contributed by atoms with Gasteiger partial charge in [0.15, 0.2) is 4.34 Å². The van der Waals surface area contributed by atoms with Crippen molar-refractivity contribution in [1.29, 1.82) is 0 Å². The van der Waals surface area contributed by atoms with Gasteiger partial charge in [-0.15, -0.1) is 10.2 Å². The van der Waals surface area contributed by atoms with Gasteiger partial charge in [0.1, 0.15) is 22.2 Å². The number of nitrogens with zero attached hydrogens (tertiary/aromatic N) is 4. The van der Waals surface area contributed by atoms with Crippen molar-refractivity contribution in [2.45, 2.75) is 23.2 Å². The molecule has 2 aromatic rings. The highest BCUT2D eigenvalue weighted by molar-refractivity contribution is 8.01. The van der Waals surface area contributed by atoms with Gasteiger partial charge in [-0.3, -0.25) is 0 Å². The van der Waals surface area contributed by atoms with Gasteiger partial charge in [-0.1, -0.05) is 11.3 Å². The predicted octanol–water partition coefficient (Wildman–Crippen LogP) is 1.38. The molecule has 3 N–H and O–H groups in total. The molecule has 2 aromatic heterocycles. The van der Waals surface area contributed by atoms with Crippen LogP contribution >= 0.6 is 23.1 Å². The Labute approximate surface area is 101 Å². The van der Waals surface area contributed by atoms with Crippen LogP contribution in [0.4, 0.5) is 5.82 Å². The molecule has 16 heavy (non-hydrogen) atoms. The summed E-state index contributed by atoms with van der Waals surface area (Å²) in [4.78, 5) is 8.54. The second-order valence-electron chi connectivity index (χ2n) is 3.00. The number of hydrogen-bond acceptors (Lipinski definition) is 8. The van der Waals surface area contributed by atoms with Gasteiger partial charge in [-0.2, -0.15) is 0 Å². The van der Waals surface area contributed by atoms with E-state index in [0.717, 1.165) is 14.9 Å². The van der Waals surface area contributed by atoms with E-state index in [1.54, 1.807) is 5.51 Å². The fraction of sp³-hybridized carbons (Fsp3) is 0.250. The van der Waals surface area contributed by atoms with Crippen LogP contribution in [0.1, 0.15) is 11.4 Å². The standard InChI is InChI=1S/C8H10N6S2/c1-4-6(13-9)11-5(2)12-7(4)16-8-14-10-3-15-8/h3H,9H2,1-2H3,(H,11,12,13). The highest BCUT2D eigenvalue weighted by atomic mass is 32.2. The van der Waals surface area contributed by atoms with Crippen molar-refractivity contribution in [1.82, 2.24) is 20.2 Å². The second-order valence-corrected chi connectivity index (χ2v) is 5.07. The number of rotatable bonds is 3. The molecule has 8 heteroatoms. The van der Waals surface area contributed by atoms with E-state index in [4.69, 9.17) is 5.84 Å². The molecule has 0 amide bonds. The molecule has 0 aliphatic carbocycles. The zero-order valence-corrected chi connectivity index (χ0v) is 10.4. The Kier molecular flexibility index (Phi) is 3.32. The molecule has 0 atom stereocenters. The van der Waals surface area contributed by atoms with Crippen LogP contribution < -0.4 is 11.3 Å². The van der Waals surface area contributed by atoms with Crippen LogP contribution in [0, 0.1) is 13.8 Å². The fourth-order valence-corrected chi connectivity index (χ4v) is 2.65. The van der Waals surface area contributed by atoms with E-state index in [0.29, 0.717) is 11.6 Å². The summed E-state index contributed by atoms with van der Waals surface area (Å²) in [6, 6.07) is 0. The van der Waals surface area contributed by atoms with Crippen molar-refractivity contribution in [2.24, 2.45) is 5.84 Å². The van der Waals surface area contributed by atoms with E-state index in [9.17, 15) is 0 Å². The molecule has 2 rings (SSSR count). The van der Waals surface area contributed by atoms with Gasteiger partial charge in [0, 0.05) is 5.56 Å². The van der Waals surface area contributed by atoms with Crippen molar-refractivity contribution in [2.75, 3.05) is 5.43 Å². The summed E-state index contributed by atoms with van der Waals surface area (Å²) in [6.07, 6.45) is 0. The molecule has 0 saturated heterocycles. The summed E-state index contributed by atoms with van der Waals surface area (Å²) >= 11 is 2.94. The maximum absolute atomic E-state index is 5.39. The average Bonchev–Trinajstić information content (AvgIpc) is 2.75. The second kappa shape index (κ2) is 4.73. The first-order valence-corrected chi connectivity index (χ1v) is 6.16. The van der Waals surface area contributed by atoms with Crippen molar-refractivity contribution < 1.29 is 0 Å². The van der Waals surface area contributed by atoms with Crippen molar-refractivity contribution >= 4 is 28.9 Å². The summed E-state index contributed by atoms with van der Waals surface area (Å²) in [5.74, 6) is 6.70. The number of nitrogen functional groups attached to an aromatic ring is 1. The molecular weight excluding hydrogens is 244 g/mol. The van der Waals surface area contributed by atoms with E-state index in [2.05, 4.69) is 25.6 Å². The van der Waals surface area contributed by atoms with Crippen LogP contribution in [0.25, 0.3) is 0 Å². The number of aromatic nitrogens is 4. The monoisotopic (exact) mass is 254 g/mol. The Morgan fingerprint density at radius 1 is 1.38 bits per heavy atom. The van der Waals surface area contributed by atoms with E-state index in [1.165, 1.54) is 23.1 Å². The van der Waals surface area contributed by atoms with E-state index >= 15 is 0 Å². The molecule has 0 bridgehead atoms. The summed E-state index contributed by atoms with van der Waals surface area (Å²) in [5, 5.41) is 8.58. The van der Waals surface area contributed by atoms with Crippen LogP contribution in [-0.4, -0.2) is 20.2 Å². The molecule has 84 valence electrons. The highest BCUT2D eigenvalue weighted by Gasteiger charge is 2.11. The first kappa shape index (κ1) is 11.2. The van der Waals surface area contributed by atoms with Crippen LogP contribution in [0.3, 0.4) is 0 Å². The van der Waals surface area contributed by atoms with Gasteiger partial charge >= 0.3 is 0 Å². The molecule has 0 fully saturated rings. The lowest BCUT2D eigenvalue weighted by Gasteiger charge is -2.08. The predicted molar refractivity (Wildman–Crippen MR) is 63.3 cm³/mol. The van der Waals surface area contributed by atoms with Crippen molar-refractivity contribution in [3.8, 4) is 0 Å². The first-order valence-electron chi connectivity index (χ1n) is 4.46. The number of aryl methyl sites for hydroxylation is 1. The Morgan fingerprint density at radius 2 is 2.19 bits per heavy atom. The van der Waals surface area contributed by atoms with E-state index < -0.39 is 0 Å². The van der Waals surface area contributed by atoms with Crippen molar-refractivity contribution in [3.05, 3.63) is 16.9 Å². The third kappa shape index (κ3) is 2.29. The molecular formula is C8H10N6S2. The Morgan fingerprint density at radius 3 is 2.81 bits per heavy atom. The number of anilines is 1. The Hall–Kier alpha value is -1.25. The fourth-order valence-electron chi connectivity index (χ4n) is 1.13. The summed E-state index contributed by atoms with van der Waals surface area (Å²) < 4.78 is 0.851. The highest BCUT2D eigenvalue weighted by Crippen LogP contribution is 2.31. The van der Waals surface area contributed by atoms with Crippen molar-refractivity contribution in [3.63, 3.8) is 0 Å². The topological polar surface area (TPSA) is 89.6 Å². The van der Waals surface area contributed by atoms with Crippen LogP contribution in [-0.2, 0) is 0 Å². The minimum absolute atomic E-state index is 0.638. The molecule has 0 aromatic carbocycles.